The Hall–Kier alpha value is -6.93. The summed E-state index contributed by atoms with van der Waals surface area (Å²) in [6.07, 6.45) is 3.78. The van der Waals surface area contributed by atoms with E-state index < -0.39 is 133 Å². The van der Waals surface area contributed by atoms with Crippen LogP contribution in [-0.4, -0.2) is 155 Å². The van der Waals surface area contributed by atoms with Gasteiger partial charge >= 0.3 is 5.97 Å². The van der Waals surface area contributed by atoms with E-state index in [1.165, 1.54) is 4.90 Å². The molecule has 0 spiro atoms. The standard InChI is InChI=1S/C52H75N11O13S2/c1-2-3-4-10-25-76-34-18-16-33(17-19-34)28-37-48(71)60-38(27-32-12-6-5-7-13-32)49(72)58-36(20-21-42(54)64)47(70)61-39(29-43(55)65)50(73)62-40(31-78-77-26-22-44(66)57-37)52(75)63-24-11-15-41(63)51(74)59-35(14-8-9-23-53)46(69)56-30-45(67)68/h5-7,12-13,16-19,35-41H,2-4,8-11,14-15,20-31,53H2,1H3,(H2,54,64)(H2,55,65)(H,56,69)(H,57,66)(H,58,72)(H,59,74)(H,60,71)(H,61,70)(H,62,73)(H,67,68)/t35-,36-,37-,38-,39-,40-,41-/m0/s1. The molecule has 0 radical (unpaired) electrons. The van der Waals surface area contributed by atoms with E-state index in [2.05, 4.69) is 44.1 Å². The van der Waals surface area contributed by atoms with Gasteiger partial charge in [0.25, 0.3) is 0 Å². The topological polar surface area (TPSA) is 383 Å². The monoisotopic (exact) mass is 1130 g/mol. The van der Waals surface area contributed by atoms with Crippen molar-refractivity contribution < 1.29 is 62.6 Å². The zero-order chi connectivity index (χ0) is 57.0. The number of hydrogen-bond acceptors (Lipinski definition) is 15. The van der Waals surface area contributed by atoms with Crippen LogP contribution in [0.3, 0.4) is 0 Å². The number of carbonyl (C=O) groups is 11. The smallest absolute Gasteiger partial charge is 0.322 e. The molecule has 78 heavy (non-hydrogen) atoms. The number of ether oxygens (including phenoxy) is 1. The Morgan fingerprint density at radius 1 is 0.756 bits per heavy atom. The molecule has 2 saturated heterocycles. The maximum absolute atomic E-state index is 14.6. The molecule has 14 N–H and O–H groups in total. The largest absolute Gasteiger partial charge is 0.494 e. The summed E-state index contributed by atoms with van der Waals surface area (Å²) < 4.78 is 5.90. The van der Waals surface area contributed by atoms with Crippen molar-refractivity contribution in [2.45, 2.75) is 146 Å². The predicted molar refractivity (Wildman–Crippen MR) is 292 cm³/mol. The fraction of sp³-hybridized carbons (Fsp3) is 0.558. The Balaban J connectivity index is 1.68. The first kappa shape index (κ1) is 63.6. The lowest BCUT2D eigenvalue weighted by molar-refractivity contribution is -0.142. The summed E-state index contributed by atoms with van der Waals surface area (Å²) in [5.74, 6) is -9.08. The van der Waals surface area contributed by atoms with E-state index >= 15 is 0 Å². The fourth-order valence-corrected chi connectivity index (χ4v) is 10.7. The first-order valence-electron chi connectivity index (χ1n) is 26.3. The first-order chi connectivity index (χ1) is 37.4. The van der Waals surface area contributed by atoms with Crippen LogP contribution in [0, 0.1) is 0 Å². The maximum atomic E-state index is 14.6. The van der Waals surface area contributed by atoms with E-state index in [1.54, 1.807) is 54.6 Å². The van der Waals surface area contributed by atoms with Crippen LogP contribution in [0.5, 0.6) is 5.75 Å². The molecule has 2 aliphatic rings. The van der Waals surface area contributed by atoms with Gasteiger partial charge in [0.05, 0.1) is 13.0 Å². The van der Waals surface area contributed by atoms with Crippen molar-refractivity contribution in [3.8, 4) is 5.75 Å². The highest BCUT2D eigenvalue weighted by Gasteiger charge is 2.40. The van der Waals surface area contributed by atoms with Gasteiger partial charge in [-0.25, -0.2) is 0 Å². The molecule has 0 saturated carbocycles. The second-order valence-corrected chi connectivity index (χ2v) is 21.6. The molecule has 10 amide bonds. The van der Waals surface area contributed by atoms with Crippen LogP contribution >= 0.6 is 21.6 Å². The first-order valence-corrected chi connectivity index (χ1v) is 28.8. The van der Waals surface area contributed by atoms with Crippen molar-refractivity contribution in [2.24, 2.45) is 17.2 Å². The predicted octanol–water partition coefficient (Wildman–Crippen LogP) is -0.414. The summed E-state index contributed by atoms with van der Waals surface area (Å²) in [4.78, 5) is 150. The molecule has 0 bridgehead atoms. The number of nitrogens with two attached hydrogens (primary N) is 3. The molecule has 2 fully saturated rings. The molecule has 0 unspecified atom stereocenters. The number of nitrogens with one attached hydrogen (secondary N) is 7. The molecule has 24 nitrogen and oxygen atoms in total. The van der Waals surface area contributed by atoms with Gasteiger partial charge in [-0.3, -0.25) is 52.7 Å². The molecule has 2 aromatic carbocycles. The number of primary amides is 2. The lowest BCUT2D eigenvalue weighted by atomic mass is 10.0. The van der Waals surface area contributed by atoms with Crippen LogP contribution in [0.2, 0.25) is 0 Å². The van der Waals surface area contributed by atoms with E-state index in [0.717, 1.165) is 47.3 Å². The third kappa shape index (κ3) is 22.6. The van der Waals surface area contributed by atoms with Gasteiger partial charge in [0.15, 0.2) is 0 Å². The van der Waals surface area contributed by atoms with Crippen molar-refractivity contribution in [1.29, 1.82) is 0 Å². The Morgan fingerprint density at radius 2 is 1.40 bits per heavy atom. The summed E-state index contributed by atoms with van der Waals surface area (Å²) in [5, 5.41) is 27.2. The molecule has 26 heteroatoms. The number of benzene rings is 2. The number of unbranched alkanes of at least 4 members (excludes halogenated alkanes) is 4. The second-order valence-electron chi connectivity index (χ2n) is 19.0. The number of aliphatic carboxylic acids is 1. The van der Waals surface area contributed by atoms with Crippen LogP contribution < -0.4 is 59.2 Å². The van der Waals surface area contributed by atoms with E-state index in [9.17, 15) is 52.7 Å². The summed E-state index contributed by atoms with van der Waals surface area (Å²) >= 11 is 0. The van der Waals surface area contributed by atoms with Crippen molar-refractivity contribution in [3.05, 3.63) is 65.7 Å². The van der Waals surface area contributed by atoms with Gasteiger partial charge in [-0.2, -0.15) is 0 Å². The SMILES string of the molecule is CCCCCCOc1ccc(C[C@@H]2NC(=O)CCSSC[C@@H](C(=O)N3CCC[C@H]3C(=O)N[C@@H](CCCCN)C(=O)NCC(=O)O)NC(=O)[C@H](CC(N)=O)NC(=O)[C@H](CCC(N)=O)NC(=O)[C@H](Cc3ccccc3)NC2=O)cc1. The van der Waals surface area contributed by atoms with Gasteiger partial charge in [-0.05, 0) is 74.8 Å². The minimum Gasteiger partial charge on any atom is -0.494 e. The quantitative estimate of drug-likeness (QED) is 0.0445. The average Bonchev–Trinajstić information content (AvgIpc) is 3.91. The van der Waals surface area contributed by atoms with E-state index in [4.69, 9.17) is 27.0 Å². The average molecular weight is 1130 g/mol. The highest BCUT2D eigenvalue weighted by molar-refractivity contribution is 8.76. The van der Waals surface area contributed by atoms with Crippen molar-refractivity contribution in [3.63, 3.8) is 0 Å². The zero-order valence-electron chi connectivity index (χ0n) is 43.9. The summed E-state index contributed by atoms with van der Waals surface area (Å²) in [7, 11) is 2.24. The van der Waals surface area contributed by atoms with Crippen molar-refractivity contribution in [1.82, 2.24) is 42.1 Å². The number of carboxylic acids is 1. The molecule has 2 aliphatic heterocycles. The van der Waals surface area contributed by atoms with Crippen LogP contribution in [0.15, 0.2) is 54.6 Å². The van der Waals surface area contributed by atoms with Gasteiger partial charge in [0.2, 0.25) is 59.1 Å². The maximum Gasteiger partial charge on any atom is 0.322 e. The molecule has 2 aromatic rings. The van der Waals surface area contributed by atoms with Crippen LogP contribution in [0.4, 0.5) is 0 Å². The number of carbonyl (C=O) groups excluding carboxylic acids is 10. The fourth-order valence-electron chi connectivity index (χ4n) is 8.57. The Kier molecular flexibility index (Phi) is 27.8. The highest BCUT2D eigenvalue weighted by Crippen LogP contribution is 2.26. The third-order valence-corrected chi connectivity index (χ3v) is 15.1. The Morgan fingerprint density at radius 3 is 2.05 bits per heavy atom. The second kappa shape index (κ2) is 34.1. The molecule has 7 atom stereocenters. The minimum atomic E-state index is -1.76. The normalized spacial score (nSPS) is 21.3. The van der Waals surface area contributed by atoms with Gasteiger partial charge in [-0.15, -0.1) is 0 Å². The van der Waals surface area contributed by atoms with Crippen molar-refractivity contribution >= 4 is 86.6 Å². The summed E-state index contributed by atoms with van der Waals surface area (Å²) in [6, 6.07) is 5.99. The number of rotatable bonds is 25. The molecule has 0 aromatic heterocycles. The van der Waals surface area contributed by atoms with E-state index in [1.807, 2.05) is 0 Å². The zero-order valence-corrected chi connectivity index (χ0v) is 45.6. The molecule has 428 valence electrons. The highest BCUT2D eigenvalue weighted by atomic mass is 33.1. The third-order valence-electron chi connectivity index (χ3n) is 12.7. The number of amides is 10. The van der Waals surface area contributed by atoms with E-state index in [0.29, 0.717) is 49.3 Å². The molecule has 0 aliphatic carbocycles. The van der Waals surface area contributed by atoms with E-state index in [-0.39, 0.29) is 50.2 Å². The van der Waals surface area contributed by atoms with Crippen LogP contribution in [-0.2, 0) is 65.6 Å². The summed E-state index contributed by atoms with van der Waals surface area (Å²) in [6.45, 7) is 2.30. The van der Waals surface area contributed by atoms with Crippen molar-refractivity contribution in [2.75, 3.05) is 37.7 Å². The van der Waals surface area contributed by atoms with Gasteiger partial charge in [0.1, 0.15) is 54.6 Å². The Bertz CT molecular complexity index is 2370. The Labute approximate surface area is 461 Å². The number of likely N-dealkylation sites (tertiary alicyclic amines) is 1. The van der Waals surface area contributed by atoms with Gasteiger partial charge in [0, 0.05) is 43.7 Å². The number of hydrogen-bond donors (Lipinski definition) is 11. The van der Waals surface area contributed by atoms with Gasteiger partial charge in [-0.1, -0.05) is 90.2 Å². The number of carboxylic acid groups (broad SMARTS) is 1. The van der Waals surface area contributed by atoms with Gasteiger partial charge < -0.3 is 69.2 Å². The molecular weight excluding hydrogens is 1050 g/mol. The molecule has 2 heterocycles. The summed E-state index contributed by atoms with van der Waals surface area (Å²) in [5.41, 5.74) is 17.9. The van der Waals surface area contributed by atoms with Crippen LogP contribution in [0.25, 0.3) is 0 Å². The van der Waals surface area contributed by atoms with Crippen LogP contribution in [0.1, 0.15) is 102 Å². The lowest BCUT2D eigenvalue weighted by Crippen LogP contribution is -2.61. The minimum absolute atomic E-state index is 0.00726. The number of nitrogens with zero attached hydrogens (tertiary/aromatic N) is 1. The molecule has 4 rings (SSSR count). The lowest BCUT2D eigenvalue weighted by Gasteiger charge is -2.31. The molecular formula is C52H75N11O13S2.